The van der Waals surface area contributed by atoms with E-state index in [1.807, 2.05) is 12.4 Å². The summed E-state index contributed by atoms with van der Waals surface area (Å²) in [6.45, 7) is 9.30. The Bertz CT molecular complexity index is 3560. The van der Waals surface area contributed by atoms with E-state index in [4.69, 9.17) is 4.74 Å². The van der Waals surface area contributed by atoms with Gasteiger partial charge in [0, 0.05) is 68.4 Å². The van der Waals surface area contributed by atoms with Gasteiger partial charge in [-0.05, 0) is 104 Å². The predicted octanol–water partition coefficient (Wildman–Crippen LogP) is 9.07. The molecule has 0 aliphatic carbocycles. The second kappa shape index (κ2) is 11.4. The first-order chi connectivity index (χ1) is 29.5. The van der Waals surface area contributed by atoms with Gasteiger partial charge in [-0.2, -0.15) is 0 Å². The number of pyridine rings is 1. The summed E-state index contributed by atoms with van der Waals surface area (Å²) in [4.78, 5) is 6.99. The van der Waals surface area contributed by atoms with Crippen molar-refractivity contribution in [3.8, 4) is 22.9 Å². The van der Waals surface area contributed by atoms with E-state index in [-0.39, 0.29) is 13.4 Å². The van der Waals surface area contributed by atoms with Crippen LogP contribution in [0.2, 0.25) is 0 Å². The number of fused-ring (bicyclic) bond motifs is 16. The lowest BCUT2D eigenvalue weighted by Crippen LogP contribution is -2.63. The largest absolute Gasteiger partial charge is 0.458 e. The minimum absolute atomic E-state index is 0.00448. The molecule has 0 bridgehead atoms. The van der Waals surface area contributed by atoms with Gasteiger partial charge in [0.15, 0.2) is 0 Å². The smallest absolute Gasteiger partial charge is 0.256 e. The number of benzene rings is 7. The Labute approximate surface area is 348 Å². The lowest BCUT2D eigenvalue weighted by atomic mass is 9.31. The molecule has 7 heterocycles. The molecular weight excluding hydrogens is 730 g/mol. The first-order valence-electron chi connectivity index (χ1n) is 21.4. The molecule has 3 aromatic heterocycles. The van der Waals surface area contributed by atoms with Crippen LogP contribution in [-0.4, -0.2) is 27.5 Å². The van der Waals surface area contributed by atoms with Crippen LogP contribution in [0.1, 0.15) is 50.7 Å². The molecule has 5 nitrogen and oxygen atoms in total. The number of hydrogen-bond donors (Lipinski definition) is 0. The molecule has 10 aromatic rings. The summed E-state index contributed by atoms with van der Waals surface area (Å²) in [6.07, 6.45) is 3.84. The van der Waals surface area contributed by atoms with Crippen molar-refractivity contribution < 1.29 is 4.74 Å². The zero-order valence-corrected chi connectivity index (χ0v) is 33.9. The van der Waals surface area contributed by atoms with Crippen molar-refractivity contribution in [3.05, 3.63) is 157 Å². The molecule has 60 heavy (non-hydrogen) atoms. The third-order valence-electron chi connectivity index (χ3n) is 14.2. The highest BCUT2D eigenvalue weighted by atomic mass is 16.5. The number of aromatic nitrogens is 3. The molecule has 7 aromatic carbocycles. The number of rotatable bonds is 3. The van der Waals surface area contributed by atoms with Gasteiger partial charge in [-0.1, -0.05) is 107 Å². The van der Waals surface area contributed by atoms with E-state index >= 15 is 0 Å². The molecule has 4 aliphatic heterocycles. The molecule has 0 fully saturated rings. The maximum absolute atomic E-state index is 7.35. The molecule has 14 rings (SSSR count). The number of ether oxygens (including phenoxy) is 1. The number of nitrogens with zero attached hydrogens (tertiary/aromatic N) is 4. The Morgan fingerprint density at radius 1 is 0.483 bits per heavy atom. The van der Waals surface area contributed by atoms with Crippen LogP contribution in [0.5, 0.6) is 11.5 Å². The number of anilines is 3. The molecule has 4 aliphatic rings. The van der Waals surface area contributed by atoms with E-state index in [9.17, 15) is 0 Å². The average molecular weight is 769 g/mol. The van der Waals surface area contributed by atoms with Crippen molar-refractivity contribution in [1.29, 1.82) is 0 Å². The van der Waals surface area contributed by atoms with Crippen LogP contribution < -0.4 is 42.4 Å². The molecule has 7 heteroatoms. The summed E-state index contributed by atoms with van der Waals surface area (Å²) in [6, 6.07) is 50.2. The Kier molecular flexibility index (Phi) is 6.25. The molecule has 0 saturated carbocycles. The normalized spacial score (nSPS) is 14.0. The maximum atomic E-state index is 7.35. The van der Waals surface area contributed by atoms with Gasteiger partial charge in [0.1, 0.15) is 11.5 Å². The highest BCUT2D eigenvalue weighted by Crippen LogP contribution is 2.47. The number of para-hydroxylation sites is 4. The molecule has 0 spiro atoms. The minimum atomic E-state index is -0.00448. The van der Waals surface area contributed by atoms with E-state index < -0.39 is 0 Å². The van der Waals surface area contributed by atoms with Crippen molar-refractivity contribution in [2.24, 2.45) is 0 Å². The lowest BCUT2D eigenvalue weighted by Gasteiger charge is -2.42. The fourth-order valence-electron chi connectivity index (χ4n) is 11.8. The van der Waals surface area contributed by atoms with Crippen molar-refractivity contribution in [2.75, 3.05) is 4.90 Å². The molecular formula is C53H38B2N4O. The third kappa shape index (κ3) is 3.90. The second-order valence-corrected chi connectivity index (χ2v) is 17.8. The van der Waals surface area contributed by atoms with Gasteiger partial charge in [-0.25, -0.2) is 0 Å². The monoisotopic (exact) mass is 768 g/mol. The fraction of sp³-hybridized carbons (Fsp3) is 0.113. The van der Waals surface area contributed by atoms with E-state index in [1.165, 1.54) is 105 Å². The summed E-state index contributed by atoms with van der Waals surface area (Å²) in [5.74, 6) is 2.50. The molecule has 282 valence electrons. The van der Waals surface area contributed by atoms with Gasteiger partial charge in [0.25, 0.3) is 13.4 Å². The summed E-state index contributed by atoms with van der Waals surface area (Å²) in [5, 5.41) is 5.32. The average Bonchev–Trinajstić information content (AvgIpc) is 3.81. The van der Waals surface area contributed by atoms with Crippen molar-refractivity contribution in [2.45, 2.75) is 39.5 Å². The predicted molar refractivity (Wildman–Crippen MR) is 252 cm³/mol. The van der Waals surface area contributed by atoms with E-state index in [0.717, 1.165) is 22.9 Å². The minimum Gasteiger partial charge on any atom is -0.458 e. The third-order valence-corrected chi connectivity index (χ3v) is 14.2. The summed E-state index contributed by atoms with van der Waals surface area (Å²) in [7, 11) is 0. The van der Waals surface area contributed by atoms with Crippen molar-refractivity contribution in [1.82, 2.24) is 14.1 Å². The zero-order chi connectivity index (χ0) is 39.7. The van der Waals surface area contributed by atoms with Crippen LogP contribution >= 0.6 is 0 Å². The molecule has 0 saturated heterocycles. The van der Waals surface area contributed by atoms with Crippen molar-refractivity contribution in [3.63, 3.8) is 0 Å². The number of hydrogen-bond acceptors (Lipinski definition) is 3. The van der Waals surface area contributed by atoms with Crippen LogP contribution in [0, 0.1) is 0 Å². The lowest BCUT2D eigenvalue weighted by molar-refractivity contribution is 0.487. The van der Waals surface area contributed by atoms with Gasteiger partial charge in [-0.3, -0.25) is 4.98 Å². The van der Waals surface area contributed by atoms with Crippen molar-refractivity contribution >= 4 is 107 Å². The van der Waals surface area contributed by atoms with Crippen LogP contribution in [-0.2, 0) is 0 Å². The van der Waals surface area contributed by atoms with Gasteiger partial charge in [0.05, 0.1) is 22.1 Å². The molecule has 0 amide bonds. The van der Waals surface area contributed by atoms with Crippen LogP contribution in [0.4, 0.5) is 17.1 Å². The molecule has 0 unspecified atom stereocenters. The first-order valence-corrected chi connectivity index (χ1v) is 21.4. The van der Waals surface area contributed by atoms with Gasteiger partial charge >= 0.3 is 0 Å². The summed E-state index contributed by atoms with van der Waals surface area (Å²) in [5.41, 5.74) is 21.5. The molecule has 0 N–H and O–H groups in total. The maximum Gasteiger partial charge on any atom is 0.256 e. The molecule has 0 radical (unpaired) electrons. The van der Waals surface area contributed by atoms with Crippen LogP contribution in [0.3, 0.4) is 0 Å². The SMILES string of the molecule is CC(C)c1cc2c3c4c1c1ccccc1n4-c1ccccc1B3c1cc3c(cc1O2)N(c1ccncc1)c1cc(C(C)C)c2c4ccccc4n4c2c1B3c1ccccc1-4. The fourth-order valence-corrected chi connectivity index (χ4v) is 11.8. The van der Waals surface area contributed by atoms with E-state index in [0.29, 0.717) is 11.8 Å². The first kappa shape index (κ1) is 32.9. The standard InChI is InChI=1S/C53H38B2N4O/c1-29(2)34-25-45-50-52-48(34)32-13-5-9-17-40(32)58(52)42-19-11-7-15-36(42)54(50)38-27-39-46(28-44(38)57(45)31-21-23-56-24-22-31)60-47-26-35(30(3)4)49-33-14-6-10-18-41(33)59-43-20-12-8-16-37(43)55(39)51(47)53(49)59/h5-30H,1-4H3. The van der Waals surface area contributed by atoms with Gasteiger partial charge in [0.2, 0.25) is 0 Å². The highest BCUT2D eigenvalue weighted by Gasteiger charge is 2.47. The Hall–Kier alpha value is -6.98. The van der Waals surface area contributed by atoms with E-state index in [2.05, 4.69) is 180 Å². The summed E-state index contributed by atoms with van der Waals surface area (Å²) >= 11 is 0. The summed E-state index contributed by atoms with van der Waals surface area (Å²) < 4.78 is 12.4. The second-order valence-electron chi connectivity index (χ2n) is 17.8. The Morgan fingerprint density at radius 3 is 1.67 bits per heavy atom. The quantitative estimate of drug-likeness (QED) is 0.169. The van der Waals surface area contributed by atoms with Gasteiger partial charge in [-0.15, -0.1) is 0 Å². The highest BCUT2D eigenvalue weighted by molar-refractivity contribution is 7.02. The van der Waals surface area contributed by atoms with Gasteiger partial charge < -0.3 is 18.8 Å². The molecule has 0 atom stereocenters. The Morgan fingerprint density at radius 2 is 1.03 bits per heavy atom. The Balaban J connectivity index is 1.14. The van der Waals surface area contributed by atoms with Crippen LogP contribution in [0.15, 0.2) is 146 Å². The zero-order valence-electron chi connectivity index (χ0n) is 33.9. The van der Waals surface area contributed by atoms with Crippen LogP contribution in [0.25, 0.3) is 55.0 Å². The topological polar surface area (TPSA) is 35.2 Å². The van der Waals surface area contributed by atoms with E-state index in [1.54, 1.807) is 0 Å².